The van der Waals surface area contributed by atoms with Crippen LogP contribution >= 0.6 is 0 Å². The van der Waals surface area contributed by atoms with Crippen LogP contribution in [0.1, 0.15) is 58.8 Å². The summed E-state index contributed by atoms with van der Waals surface area (Å²) in [4.78, 5) is 24.2. The Morgan fingerprint density at radius 3 is 2.33 bits per heavy atom. The van der Waals surface area contributed by atoms with Crippen LogP contribution in [-0.4, -0.2) is 42.4 Å². The third kappa shape index (κ3) is 6.10. The highest BCUT2D eigenvalue weighted by molar-refractivity contribution is 7.87. The molecule has 1 fully saturated rings. The van der Waals surface area contributed by atoms with E-state index in [9.17, 15) is 26.8 Å². The van der Waals surface area contributed by atoms with Crippen LogP contribution < -0.4 is 0 Å². The molecule has 7 nitrogen and oxygen atoms in total. The van der Waals surface area contributed by atoms with Gasteiger partial charge in [0.05, 0.1) is 5.92 Å². The van der Waals surface area contributed by atoms with Gasteiger partial charge in [0.25, 0.3) is 0 Å². The Labute approximate surface area is 175 Å². The van der Waals surface area contributed by atoms with Crippen LogP contribution in [0.25, 0.3) is 0 Å². The molecule has 0 saturated heterocycles. The smallest absolute Gasteiger partial charge is 0.459 e. The first-order valence-corrected chi connectivity index (χ1v) is 11.3. The second-order valence-corrected chi connectivity index (χ2v) is 9.97. The van der Waals surface area contributed by atoms with Crippen LogP contribution in [-0.2, 0) is 29.2 Å². The van der Waals surface area contributed by atoms with Crippen molar-refractivity contribution in [3.05, 3.63) is 24.3 Å². The van der Waals surface area contributed by atoms with Crippen molar-refractivity contribution >= 4 is 22.1 Å². The first-order chi connectivity index (χ1) is 13.8. The van der Waals surface area contributed by atoms with E-state index in [4.69, 9.17) is 9.29 Å². The van der Waals surface area contributed by atoms with E-state index in [1.807, 2.05) is 6.08 Å². The molecule has 1 saturated carbocycles. The molecular formula is C20H28F2O7S. The molecule has 0 radical (unpaired) electrons. The summed E-state index contributed by atoms with van der Waals surface area (Å²) in [5.74, 6) is -2.86. The molecule has 10 heteroatoms. The summed E-state index contributed by atoms with van der Waals surface area (Å²) in [6.45, 7) is 2.72. The van der Waals surface area contributed by atoms with Gasteiger partial charge in [-0.3, -0.25) is 9.35 Å². The number of ether oxygens (including phenoxy) is 2. The third-order valence-corrected chi connectivity index (χ3v) is 6.20. The maximum Gasteiger partial charge on any atom is 0.465 e. The van der Waals surface area contributed by atoms with Crippen LogP contribution in [0.3, 0.4) is 0 Å². The average Bonchev–Trinajstić information content (AvgIpc) is 2.64. The summed E-state index contributed by atoms with van der Waals surface area (Å²) < 4.78 is 67.3. The highest BCUT2D eigenvalue weighted by Gasteiger charge is 2.54. The predicted octanol–water partition coefficient (Wildman–Crippen LogP) is 3.80. The molecule has 0 aromatic heterocycles. The number of allylic oxidation sites excluding steroid dienone is 2. The van der Waals surface area contributed by atoms with E-state index < -0.39 is 39.0 Å². The number of carbonyl (C=O) groups excluding carboxylic acids is 2. The van der Waals surface area contributed by atoms with Crippen LogP contribution in [0.15, 0.2) is 24.3 Å². The zero-order chi connectivity index (χ0) is 22.6. The zero-order valence-corrected chi connectivity index (χ0v) is 17.9. The molecule has 30 heavy (non-hydrogen) atoms. The van der Waals surface area contributed by atoms with Crippen molar-refractivity contribution in [1.29, 1.82) is 0 Å². The number of hydrogen-bond acceptors (Lipinski definition) is 6. The molecule has 0 heterocycles. The fourth-order valence-corrected chi connectivity index (χ4v) is 4.18. The lowest BCUT2D eigenvalue weighted by molar-refractivity contribution is -0.168. The minimum Gasteiger partial charge on any atom is -0.459 e. The summed E-state index contributed by atoms with van der Waals surface area (Å²) in [7, 11) is -5.94. The maximum atomic E-state index is 13.5. The number of esters is 2. The molecule has 0 spiro atoms. The van der Waals surface area contributed by atoms with Gasteiger partial charge in [-0.15, -0.1) is 0 Å². The van der Waals surface area contributed by atoms with Gasteiger partial charge in [-0.1, -0.05) is 44.4 Å². The fourth-order valence-electron chi connectivity index (χ4n) is 3.91. The lowest BCUT2D eigenvalue weighted by Crippen LogP contribution is -2.43. The molecule has 0 aromatic carbocycles. The zero-order valence-electron chi connectivity index (χ0n) is 17.1. The lowest BCUT2D eigenvalue weighted by Gasteiger charge is -2.37. The first-order valence-electron chi connectivity index (χ1n) is 9.88. The second-order valence-electron chi connectivity index (χ2n) is 8.51. The molecule has 0 aromatic rings. The predicted molar refractivity (Wildman–Crippen MR) is 104 cm³/mol. The van der Waals surface area contributed by atoms with Gasteiger partial charge in [0.15, 0.2) is 0 Å². The van der Waals surface area contributed by atoms with E-state index in [1.54, 1.807) is 32.1 Å². The molecule has 2 unspecified atom stereocenters. The molecule has 2 aliphatic carbocycles. The molecule has 1 N–H and O–H groups in total. The summed E-state index contributed by atoms with van der Waals surface area (Å²) in [6, 6.07) is 0. The standard InChI is InChI=1S/C20H28F2O7S/c1-18(14-28-17(24)20(21,22)30(25,26)27)11-7-4-8-12-19(2,13-18)29-16(23)15-9-5-3-6-10-15/h7-8,11-12,15H,3-6,9-10,13-14H2,1-2H3,(H,25,26,27). The van der Waals surface area contributed by atoms with E-state index in [2.05, 4.69) is 4.74 Å². The Hall–Kier alpha value is -1.81. The molecular weight excluding hydrogens is 422 g/mol. The van der Waals surface area contributed by atoms with E-state index in [0.29, 0.717) is 6.42 Å². The van der Waals surface area contributed by atoms with Crippen molar-refractivity contribution in [1.82, 2.24) is 0 Å². The quantitative estimate of drug-likeness (QED) is 0.373. The fraction of sp³-hybridized carbons (Fsp3) is 0.700. The van der Waals surface area contributed by atoms with E-state index in [1.165, 1.54) is 0 Å². The highest BCUT2D eigenvalue weighted by Crippen LogP contribution is 2.37. The molecule has 0 bridgehead atoms. The number of halogens is 2. The van der Waals surface area contributed by atoms with Gasteiger partial charge in [-0.25, -0.2) is 4.79 Å². The Balaban J connectivity index is 2.11. The van der Waals surface area contributed by atoms with Crippen LogP contribution in [0.5, 0.6) is 0 Å². The summed E-state index contributed by atoms with van der Waals surface area (Å²) >= 11 is 0. The van der Waals surface area contributed by atoms with Crippen molar-refractivity contribution < 1.29 is 40.8 Å². The molecule has 2 aliphatic rings. The maximum absolute atomic E-state index is 13.5. The van der Waals surface area contributed by atoms with Crippen LogP contribution in [0.2, 0.25) is 0 Å². The largest absolute Gasteiger partial charge is 0.465 e. The monoisotopic (exact) mass is 450 g/mol. The van der Waals surface area contributed by atoms with Gasteiger partial charge < -0.3 is 9.47 Å². The van der Waals surface area contributed by atoms with Crippen molar-refractivity contribution in [2.45, 2.75) is 69.6 Å². The average molecular weight is 451 g/mol. The van der Waals surface area contributed by atoms with Crippen LogP contribution in [0, 0.1) is 11.3 Å². The topological polar surface area (TPSA) is 107 Å². The first kappa shape index (κ1) is 24.5. The molecule has 2 rings (SSSR count). The van der Waals surface area contributed by atoms with Gasteiger partial charge >= 0.3 is 27.3 Å². The molecule has 0 amide bonds. The minimum atomic E-state index is -5.94. The highest BCUT2D eigenvalue weighted by atomic mass is 32.2. The minimum absolute atomic E-state index is 0.121. The van der Waals surface area contributed by atoms with E-state index in [0.717, 1.165) is 32.1 Å². The molecule has 0 aliphatic heterocycles. The number of carbonyl (C=O) groups is 2. The van der Waals surface area contributed by atoms with Crippen molar-refractivity contribution in [3.63, 3.8) is 0 Å². The van der Waals surface area contributed by atoms with Crippen molar-refractivity contribution in [2.24, 2.45) is 11.3 Å². The number of alkyl halides is 2. The summed E-state index contributed by atoms with van der Waals surface area (Å²) in [5, 5.41) is -5.06. The SMILES string of the molecule is CC1(COC(=O)C(F)(F)S(=O)(=O)O)C=CCC=CC(C)(OC(=O)C2CCCCC2)C1. The van der Waals surface area contributed by atoms with Crippen molar-refractivity contribution in [2.75, 3.05) is 6.61 Å². The number of hydrogen-bond donors (Lipinski definition) is 1. The Morgan fingerprint density at radius 2 is 1.73 bits per heavy atom. The van der Waals surface area contributed by atoms with Crippen molar-refractivity contribution in [3.8, 4) is 0 Å². The second kappa shape index (κ2) is 9.13. The lowest BCUT2D eigenvalue weighted by atomic mass is 9.78. The Kier molecular flexibility index (Phi) is 7.45. The van der Waals surface area contributed by atoms with E-state index >= 15 is 0 Å². The number of rotatable bonds is 6. The summed E-state index contributed by atoms with van der Waals surface area (Å²) in [5.41, 5.74) is -2.08. The van der Waals surface area contributed by atoms with Gasteiger partial charge in [0, 0.05) is 11.8 Å². The third-order valence-electron chi connectivity index (χ3n) is 5.38. The Bertz CT molecular complexity index is 815. The summed E-state index contributed by atoms with van der Waals surface area (Å²) in [6.07, 6.45) is 12.1. The van der Waals surface area contributed by atoms with Gasteiger partial charge in [-0.05, 0) is 32.3 Å². The molecule has 2 atom stereocenters. The van der Waals surface area contributed by atoms with Crippen LogP contribution in [0.4, 0.5) is 8.78 Å². The Morgan fingerprint density at radius 1 is 1.13 bits per heavy atom. The van der Waals surface area contributed by atoms with Gasteiger partial charge in [-0.2, -0.15) is 17.2 Å². The van der Waals surface area contributed by atoms with Gasteiger partial charge in [0.2, 0.25) is 0 Å². The molecule has 170 valence electrons. The van der Waals surface area contributed by atoms with E-state index in [-0.39, 0.29) is 18.3 Å². The normalized spacial score (nSPS) is 28.4. The van der Waals surface area contributed by atoms with Gasteiger partial charge in [0.1, 0.15) is 12.2 Å².